The zero-order valence-electron chi connectivity index (χ0n) is 14.5. The summed E-state index contributed by atoms with van der Waals surface area (Å²) in [7, 11) is -2.35. The van der Waals surface area contributed by atoms with Gasteiger partial charge in [-0.1, -0.05) is 17.7 Å². The van der Waals surface area contributed by atoms with Crippen molar-refractivity contribution in [2.45, 2.75) is 17.9 Å². The number of rotatable bonds is 5. The van der Waals surface area contributed by atoms with E-state index < -0.39 is 16.0 Å². The first-order valence-corrected chi connectivity index (χ1v) is 10.1. The summed E-state index contributed by atoms with van der Waals surface area (Å²) in [5, 5.41) is 0.377. The van der Waals surface area contributed by atoms with Gasteiger partial charge in [0.05, 0.1) is 28.7 Å². The van der Waals surface area contributed by atoms with Crippen molar-refractivity contribution in [1.82, 2.24) is 4.72 Å². The number of halogens is 1. The molecule has 9 heteroatoms. The van der Waals surface area contributed by atoms with Crippen LogP contribution >= 0.6 is 11.6 Å². The van der Waals surface area contributed by atoms with Crippen molar-refractivity contribution in [2.75, 3.05) is 20.3 Å². The minimum atomic E-state index is -3.65. The molecular formula is C18H18ClNO6S. The molecule has 0 amide bonds. The van der Waals surface area contributed by atoms with Crippen LogP contribution in [-0.2, 0) is 21.4 Å². The average molecular weight is 412 g/mol. The minimum absolute atomic E-state index is 0.0157. The van der Waals surface area contributed by atoms with Gasteiger partial charge in [-0.05, 0) is 42.9 Å². The van der Waals surface area contributed by atoms with E-state index >= 15 is 0 Å². The van der Waals surface area contributed by atoms with E-state index in [0.717, 1.165) is 6.42 Å². The van der Waals surface area contributed by atoms with Crippen LogP contribution in [0.15, 0.2) is 41.3 Å². The summed E-state index contributed by atoms with van der Waals surface area (Å²) in [6.07, 6.45) is 0.751. The molecule has 1 aliphatic heterocycles. The normalized spacial score (nSPS) is 13.7. The smallest absolute Gasteiger partial charge is 0.338 e. The van der Waals surface area contributed by atoms with Crippen molar-refractivity contribution >= 4 is 27.6 Å². The molecule has 1 aliphatic rings. The molecule has 1 heterocycles. The van der Waals surface area contributed by atoms with Crippen LogP contribution in [0, 0.1) is 0 Å². The molecule has 0 fully saturated rings. The van der Waals surface area contributed by atoms with Gasteiger partial charge in [0.25, 0.3) is 0 Å². The average Bonchev–Trinajstić information content (AvgIpc) is 2.92. The molecule has 2 aromatic rings. The van der Waals surface area contributed by atoms with Gasteiger partial charge in [-0.2, -0.15) is 0 Å². The first-order chi connectivity index (χ1) is 12.9. The highest BCUT2D eigenvalue weighted by atomic mass is 35.5. The fraction of sp³-hybridized carbons (Fsp3) is 0.278. The Bertz CT molecular complexity index is 960. The first kappa shape index (κ1) is 19.5. The van der Waals surface area contributed by atoms with Gasteiger partial charge in [0.2, 0.25) is 10.0 Å². The highest BCUT2D eigenvalue weighted by Crippen LogP contribution is 2.38. The van der Waals surface area contributed by atoms with E-state index in [4.69, 9.17) is 25.8 Å². The lowest BCUT2D eigenvalue weighted by molar-refractivity contribution is 0.0472. The number of fused-ring (bicyclic) bond motifs is 1. The van der Waals surface area contributed by atoms with Crippen molar-refractivity contribution < 1.29 is 27.4 Å². The Kier molecular flexibility index (Phi) is 5.88. The Morgan fingerprint density at radius 1 is 1.22 bits per heavy atom. The molecule has 0 unspecified atom stereocenters. The summed E-state index contributed by atoms with van der Waals surface area (Å²) < 4.78 is 42.4. The number of ether oxygens (including phenoxy) is 3. The van der Waals surface area contributed by atoms with Crippen LogP contribution in [0.5, 0.6) is 11.5 Å². The molecule has 0 atom stereocenters. The second-order valence-electron chi connectivity index (χ2n) is 5.77. The van der Waals surface area contributed by atoms with Crippen LogP contribution in [-0.4, -0.2) is 34.6 Å². The maximum absolute atomic E-state index is 12.3. The van der Waals surface area contributed by atoms with E-state index in [0.29, 0.717) is 35.3 Å². The van der Waals surface area contributed by atoms with Gasteiger partial charge in [-0.3, -0.25) is 0 Å². The summed E-state index contributed by atoms with van der Waals surface area (Å²) in [4.78, 5) is 12.3. The SMILES string of the molecule is CNS(=O)(=O)c1cccc(C(=O)OCc2cc(Cl)c3c(c2)OCCCO3)c1. The number of sulfonamides is 1. The number of hydrogen-bond acceptors (Lipinski definition) is 6. The molecule has 0 radical (unpaired) electrons. The van der Waals surface area contributed by atoms with Crippen molar-refractivity contribution in [3.63, 3.8) is 0 Å². The van der Waals surface area contributed by atoms with Crippen molar-refractivity contribution in [3.8, 4) is 11.5 Å². The van der Waals surface area contributed by atoms with Crippen LogP contribution in [0.3, 0.4) is 0 Å². The molecule has 7 nitrogen and oxygen atoms in total. The highest BCUT2D eigenvalue weighted by Gasteiger charge is 2.18. The molecule has 0 aromatic heterocycles. The van der Waals surface area contributed by atoms with Crippen LogP contribution in [0.1, 0.15) is 22.3 Å². The van der Waals surface area contributed by atoms with Crippen molar-refractivity contribution in [3.05, 3.63) is 52.5 Å². The summed E-state index contributed by atoms with van der Waals surface area (Å²) in [5.74, 6) is 0.341. The number of carbonyl (C=O) groups excluding carboxylic acids is 1. The van der Waals surface area contributed by atoms with Crippen LogP contribution < -0.4 is 14.2 Å². The van der Waals surface area contributed by atoms with Crippen LogP contribution in [0.4, 0.5) is 0 Å². The lowest BCUT2D eigenvalue weighted by atomic mass is 10.2. The number of esters is 1. The number of hydrogen-bond donors (Lipinski definition) is 1. The Balaban J connectivity index is 1.74. The Morgan fingerprint density at radius 2 is 2.00 bits per heavy atom. The maximum Gasteiger partial charge on any atom is 0.338 e. The number of carbonyl (C=O) groups is 1. The topological polar surface area (TPSA) is 90.9 Å². The largest absolute Gasteiger partial charge is 0.489 e. The quantitative estimate of drug-likeness (QED) is 0.761. The lowest BCUT2D eigenvalue weighted by Gasteiger charge is -2.12. The molecule has 27 heavy (non-hydrogen) atoms. The molecular weight excluding hydrogens is 394 g/mol. The van der Waals surface area contributed by atoms with Gasteiger partial charge in [0, 0.05) is 6.42 Å². The fourth-order valence-corrected chi connectivity index (χ4v) is 3.57. The van der Waals surface area contributed by atoms with Gasteiger partial charge in [-0.25, -0.2) is 17.9 Å². The highest BCUT2D eigenvalue weighted by molar-refractivity contribution is 7.89. The van der Waals surface area contributed by atoms with Gasteiger partial charge < -0.3 is 14.2 Å². The summed E-state index contributed by atoms with van der Waals surface area (Å²) >= 11 is 6.22. The monoisotopic (exact) mass is 411 g/mol. The molecule has 2 aromatic carbocycles. The maximum atomic E-state index is 12.3. The Morgan fingerprint density at radius 3 is 2.78 bits per heavy atom. The first-order valence-electron chi connectivity index (χ1n) is 8.19. The Labute approximate surface area is 162 Å². The third-order valence-electron chi connectivity index (χ3n) is 3.88. The summed E-state index contributed by atoms with van der Waals surface area (Å²) in [6.45, 7) is 0.990. The molecule has 0 saturated carbocycles. The van der Waals surface area contributed by atoms with Gasteiger partial charge >= 0.3 is 5.97 Å². The zero-order valence-corrected chi connectivity index (χ0v) is 16.1. The van der Waals surface area contributed by atoms with E-state index in [9.17, 15) is 13.2 Å². The predicted molar refractivity (Wildman–Crippen MR) is 98.9 cm³/mol. The fourth-order valence-electron chi connectivity index (χ4n) is 2.51. The molecule has 0 aliphatic carbocycles. The minimum Gasteiger partial charge on any atom is -0.489 e. The second kappa shape index (κ2) is 8.16. The second-order valence-corrected chi connectivity index (χ2v) is 8.06. The zero-order chi connectivity index (χ0) is 19.4. The van der Waals surface area contributed by atoms with E-state index in [1.807, 2.05) is 0 Å². The molecule has 144 valence electrons. The molecule has 1 N–H and O–H groups in total. The van der Waals surface area contributed by atoms with E-state index in [-0.39, 0.29) is 17.1 Å². The van der Waals surface area contributed by atoms with E-state index in [1.54, 1.807) is 12.1 Å². The standard InChI is InChI=1S/C18H18ClNO6S/c1-20-27(22,23)14-5-2-4-13(10-14)18(21)26-11-12-8-15(19)17-16(9-12)24-6-3-7-25-17/h2,4-5,8-10,20H,3,6-7,11H2,1H3. The van der Waals surface area contributed by atoms with Gasteiger partial charge in [0.15, 0.2) is 11.5 Å². The molecule has 0 spiro atoms. The van der Waals surface area contributed by atoms with Crippen LogP contribution in [0.25, 0.3) is 0 Å². The van der Waals surface area contributed by atoms with Crippen LogP contribution in [0.2, 0.25) is 5.02 Å². The van der Waals surface area contributed by atoms with Gasteiger partial charge in [-0.15, -0.1) is 0 Å². The predicted octanol–water partition coefficient (Wildman–Crippen LogP) is 2.77. The Hall–Kier alpha value is -2.29. The van der Waals surface area contributed by atoms with Gasteiger partial charge in [0.1, 0.15) is 6.61 Å². The van der Waals surface area contributed by atoms with Crippen molar-refractivity contribution in [2.24, 2.45) is 0 Å². The van der Waals surface area contributed by atoms with Crippen molar-refractivity contribution in [1.29, 1.82) is 0 Å². The molecule has 3 rings (SSSR count). The number of benzene rings is 2. The molecule has 0 saturated heterocycles. The summed E-state index contributed by atoms with van der Waals surface area (Å²) in [5.41, 5.74) is 0.767. The van der Waals surface area contributed by atoms with E-state index in [2.05, 4.69) is 4.72 Å². The third-order valence-corrected chi connectivity index (χ3v) is 5.57. The summed E-state index contributed by atoms with van der Waals surface area (Å²) in [6, 6.07) is 8.97. The third kappa shape index (κ3) is 4.52. The number of nitrogens with one attached hydrogen (secondary N) is 1. The van der Waals surface area contributed by atoms with E-state index in [1.165, 1.54) is 31.3 Å². The molecule has 0 bridgehead atoms. The lowest BCUT2D eigenvalue weighted by Crippen LogP contribution is -2.19.